The van der Waals surface area contributed by atoms with Crippen molar-refractivity contribution >= 4 is 35.3 Å². The fourth-order valence-electron chi connectivity index (χ4n) is 3.65. The summed E-state index contributed by atoms with van der Waals surface area (Å²) in [4.78, 5) is 54.2. The molecule has 3 aromatic rings. The van der Waals surface area contributed by atoms with Gasteiger partial charge in [-0.1, -0.05) is 36.4 Å². The molecule has 196 valence electrons. The van der Waals surface area contributed by atoms with Gasteiger partial charge in [-0.2, -0.15) is 18.2 Å². The molecular weight excluding hydrogens is 507 g/mol. The van der Waals surface area contributed by atoms with Gasteiger partial charge in [-0.15, -0.1) is 0 Å². The first-order valence-corrected chi connectivity index (χ1v) is 11.1. The summed E-state index contributed by atoms with van der Waals surface area (Å²) in [6, 6.07) is 14.5. The Kier molecular flexibility index (Phi) is 7.02. The van der Waals surface area contributed by atoms with E-state index in [0.29, 0.717) is 10.6 Å². The number of anilines is 2. The molecule has 0 spiro atoms. The van der Waals surface area contributed by atoms with Gasteiger partial charge in [-0.25, -0.2) is 14.6 Å². The molecule has 4 amide bonds. The number of hydrazine groups is 1. The molecule has 1 unspecified atom stereocenters. The van der Waals surface area contributed by atoms with Crippen molar-refractivity contribution in [3.8, 4) is 0 Å². The number of ether oxygens (including phenoxy) is 1. The summed E-state index contributed by atoms with van der Waals surface area (Å²) in [6.45, 7) is 0.617. The van der Waals surface area contributed by atoms with Crippen LogP contribution in [0.5, 0.6) is 0 Å². The quantitative estimate of drug-likeness (QED) is 0.317. The predicted molar refractivity (Wildman–Crippen MR) is 127 cm³/mol. The van der Waals surface area contributed by atoms with E-state index >= 15 is 0 Å². The average Bonchev–Trinajstić information content (AvgIpc) is 3.11. The number of rotatable bonds is 7. The molecule has 1 aliphatic rings. The average molecular weight is 527 g/mol. The highest BCUT2D eigenvalue weighted by atomic mass is 19.4. The maximum Gasteiger partial charge on any atom is 0.416 e. The van der Waals surface area contributed by atoms with Gasteiger partial charge < -0.3 is 15.4 Å². The predicted octanol–water partition coefficient (Wildman–Crippen LogP) is 3.50. The van der Waals surface area contributed by atoms with Crippen LogP contribution in [0.25, 0.3) is 0 Å². The number of aromatic nitrogens is 1. The lowest BCUT2D eigenvalue weighted by Gasteiger charge is -2.22. The van der Waals surface area contributed by atoms with Crippen molar-refractivity contribution in [3.05, 3.63) is 89.6 Å². The van der Waals surface area contributed by atoms with Crippen molar-refractivity contribution in [2.24, 2.45) is 0 Å². The standard InChI is InChI=1S/C25H20F3N5O5/c1-24(15-7-3-2-4-8-15)22(36)33(23(37)31-24)32-19(34)14-38-21(35)18-11-6-12-29-20(18)30-17-10-5-9-16(13-17)25(26,27)28/h2-13H,14H2,1H3,(H,29,30)(H,31,37)(H,32,34). The Morgan fingerprint density at radius 3 is 2.50 bits per heavy atom. The van der Waals surface area contributed by atoms with E-state index in [1.807, 2.05) is 0 Å². The van der Waals surface area contributed by atoms with Gasteiger partial charge in [-0.05, 0) is 42.8 Å². The van der Waals surface area contributed by atoms with Gasteiger partial charge in [0, 0.05) is 11.9 Å². The SMILES string of the molecule is CC1(c2ccccc2)NC(=O)N(NC(=O)COC(=O)c2cccnc2Nc2cccc(C(F)(F)F)c2)C1=O. The maximum absolute atomic E-state index is 13.0. The van der Waals surface area contributed by atoms with Crippen LogP contribution in [0.1, 0.15) is 28.4 Å². The largest absolute Gasteiger partial charge is 0.452 e. The third kappa shape index (κ3) is 5.40. The van der Waals surface area contributed by atoms with E-state index < -0.39 is 47.7 Å². The molecule has 4 rings (SSSR count). The Hall–Kier alpha value is -4.94. The van der Waals surface area contributed by atoms with Gasteiger partial charge in [0.25, 0.3) is 11.8 Å². The molecule has 2 heterocycles. The topological polar surface area (TPSA) is 130 Å². The molecular formula is C25H20F3N5O5. The minimum atomic E-state index is -4.57. The second kappa shape index (κ2) is 10.2. The molecule has 1 atom stereocenters. The van der Waals surface area contributed by atoms with Crippen LogP contribution in [-0.2, 0) is 26.0 Å². The van der Waals surface area contributed by atoms with E-state index in [1.54, 1.807) is 30.3 Å². The molecule has 1 aromatic heterocycles. The summed E-state index contributed by atoms with van der Waals surface area (Å²) >= 11 is 0. The van der Waals surface area contributed by atoms with E-state index in [-0.39, 0.29) is 17.1 Å². The highest BCUT2D eigenvalue weighted by Crippen LogP contribution is 2.32. The fraction of sp³-hybridized carbons (Fsp3) is 0.160. The Bertz CT molecular complexity index is 1400. The van der Waals surface area contributed by atoms with Crippen molar-refractivity contribution in [1.82, 2.24) is 20.7 Å². The lowest BCUT2D eigenvalue weighted by molar-refractivity contribution is -0.140. The highest BCUT2D eigenvalue weighted by Gasteiger charge is 2.50. The first-order chi connectivity index (χ1) is 18.0. The minimum Gasteiger partial charge on any atom is -0.452 e. The van der Waals surface area contributed by atoms with Crippen LogP contribution >= 0.6 is 0 Å². The number of halogens is 3. The summed E-state index contributed by atoms with van der Waals surface area (Å²) in [6.07, 6.45) is -3.26. The number of benzene rings is 2. The zero-order valence-corrected chi connectivity index (χ0v) is 19.7. The van der Waals surface area contributed by atoms with E-state index in [4.69, 9.17) is 4.74 Å². The Labute approximate surface area is 213 Å². The number of hydrogen-bond donors (Lipinski definition) is 3. The number of pyridine rings is 1. The number of nitrogens with zero attached hydrogens (tertiary/aromatic N) is 2. The summed E-state index contributed by atoms with van der Waals surface area (Å²) in [7, 11) is 0. The normalized spacial score (nSPS) is 17.1. The van der Waals surface area contributed by atoms with Crippen molar-refractivity contribution in [3.63, 3.8) is 0 Å². The van der Waals surface area contributed by atoms with Gasteiger partial charge in [-0.3, -0.25) is 15.0 Å². The van der Waals surface area contributed by atoms with Crippen LogP contribution in [0.4, 0.5) is 29.5 Å². The van der Waals surface area contributed by atoms with Gasteiger partial charge in [0.2, 0.25) is 0 Å². The van der Waals surface area contributed by atoms with Crippen molar-refractivity contribution < 1.29 is 37.1 Å². The number of amides is 4. The summed E-state index contributed by atoms with van der Waals surface area (Å²) in [5.74, 6) is -2.84. The van der Waals surface area contributed by atoms with E-state index in [9.17, 15) is 32.3 Å². The fourth-order valence-corrected chi connectivity index (χ4v) is 3.65. The Morgan fingerprint density at radius 2 is 1.79 bits per heavy atom. The minimum absolute atomic E-state index is 0.0188. The number of nitrogens with one attached hydrogen (secondary N) is 3. The summed E-state index contributed by atoms with van der Waals surface area (Å²) in [5, 5.41) is 5.64. The van der Waals surface area contributed by atoms with Crippen molar-refractivity contribution in [2.75, 3.05) is 11.9 Å². The zero-order chi connectivity index (χ0) is 27.5. The maximum atomic E-state index is 13.0. The molecule has 1 saturated heterocycles. The first-order valence-electron chi connectivity index (χ1n) is 11.1. The number of hydrogen-bond acceptors (Lipinski definition) is 7. The molecule has 10 nitrogen and oxygen atoms in total. The number of carbonyl (C=O) groups is 4. The number of alkyl halides is 3. The number of urea groups is 1. The monoisotopic (exact) mass is 527 g/mol. The van der Waals surface area contributed by atoms with Crippen LogP contribution in [0, 0.1) is 0 Å². The van der Waals surface area contributed by atoms with Crippen molar-refractivity contribution in [2.45, 2.75) is 18.6 Å². The molecule has 0 radical (unpaired) electrons. The summed E-state index contributed by atoms with van der Waals surface area (Å²) < 4.78 is 44.0. The van der Waals surface area contributed by atoms with Crippen LogP contribution in [-0.4, -0.2) is 40.4 Å². The molecule has 13 heteroatoms. The molecule has 0 bridgehead atoms. The van der Waals surface area contributed by atoms with Gasteiger partial charge >= 0.3 is 18.2 Å². The highest BCUT2D eigenvalue weighted by molar-refractivity contribution is 6.08. The van der Waals surface area contributed by atoms with Gasteiger partial charge in [0.15, 0.2) is 6.61 Å². The smallest absolute Gasteiger partial charge is 0.416 e. The molecule has 1 fully saturated rings. The molecule has 38 heavy (non-hydrogen) atoms. The second-order valence-electron chi connectivity index (χ2n) is 8.28. The van der Waals surface area contributed by atoms with Gasteiger partial charge in [0.1, 0.15) is 16.9 Å². The zero-order valence-electron chi connectivity index (χ0n) is 19.7. The third-order valence-electron chi connectivity index (χ3n) is 5.59. The molecule has 0 aliphatic carbocycles. The summed E-state index contributed by atoms with van der Waals surface area (Å²) in [5.41, 5.74) is 0.143. The third-order valence-corrected chi connectivity index (χ3v) is 5.59. The van der Waals surface area contributed by atoms with Crippen LogP contribution in [0.3, 0.4) is 0 Å². The molecule has 1 aliphatic heterocycles. The van der Waals surface area contributed by atoms with Crippen LogP contribution in [0.2, 0.25) is 0 Å². The molecule has 3 N–H and O–H groups in total. The lowest BCUT2D eigenvalue weighted by atomic mass is 9.92. The van der Waals surface area contributed by atoms with Crippen LogP contribution in [0.15, 0.2) is 72.9 Å². The number of esters is 1. The second-order valence-corrected chi connectivity index (χ2v) is 8.28. The molecule has 2 aromatic carbocycles. The number of imide groups is 1. The van der Waals surface area contributed by atoms with Crippen molar-refractivity contribution in [1.29, 1.82) is 0 Å². The Morgan fingerprint density at radius 1 is 1.05 bits per heavy atom. The lowest BCUT2D eigenvalue weighted by Crippen LogP contribution is -2.49. The first kappa shape index (κ1) is 26.1. The van der Waals surface area contributed by atoms with E-state index in [1.165, 1.54) is 37.4 Å². The van der Waals surface area contributed by atoms with Crippen LogP contribution < -0.4 is 16.1 Å². The number of carbonyl (C=O) groups excluding carboxylic acids is 4. The molecule has 0 saturated carbocycles. The Balaban J connectivity index is 1.40. The van der Waals surface area contributed by atoms with E-state index in [0.717, 1.165) is 12.1 Å². The van der Waals surface area contributed by atoms with Gasteiger partial charge in [0.05, 0.1) is 5.56 Å². The van der Waals surface area contributed by atoms with E-state index in [2.05, 4.69) is 21.0 Å².